The van der Waals surface area contributed by atoms with Gasteiger partial charge in [0.25, 0.3) is 0 Å². The van der Waals surface area contributed by atoms with Crippen molar-refractivity contribution in [1.82, 2.24) is 4.72 Å². The van der Waals surface area contributed by atoms with Gasteiger partial charge in [0.15, 0.2) is 0 Å². The van der Waals surface area contributed by atoms with Crippen LogP contribution in [-0.2, 0) is 16.4 Å². The average molecular weight is 311 g/mol. The molecule has 2 aromatic rings. The first kappa shape index (κ1) is 14.8. The van der Waals surface area contributed by atoms with E-state index in [1.807, 2.05) is 11.4 Å². The lowest BCUT2D eigenvalue weighted by molar-refractivity contribution is 0.588. The zero-order chi connectivity index (χ0) is 14.6. The molecule has 4 N–H and O–H groups in total. The molecular weight excluding hydrogens is 294 g/mol. The number of nitrogen functional groups attached to an aromatic ring is 1. The minimum absolute atomic E-state index is 0.101. The van der Waals surface area contributed by atoms with E-state index in [0.29, 0.717) is 0 Å². The van der Waals surface area contributed by atoms with Gasteiger partial charge in [-0.2, -0.15) is 0 Å². The van der Waals surface area contributed by atoms with Crippen LogP contribution in [0.1, 0.15) is 4.88 Å². The maximum Gasteiger partial charge on any atom is 0.242 e. The van der Waals surface area contributed by atoms with Crippen LogP contribution in [0, 0.1) is 0 Å². The molecule has 108 valence electrons. The van der Waals surface area contributed by atoms with Crippen molar-refractivity contribution in [2.24, 2.45) is 0 Å². The average Bonchev–Trinajstić information content (AvgIpc) is 2.92. The minimum atomic E-state index is -3.50. The van der Waals surface area contributed by atoms with Crippen molar-refractivity contribution in [2.75, 3.05) is 24.6 Å². The Morgan fingerprint density at radius 1 is 1.30 bits per heavy atom. The molecule has 1 aromatic heterocycles. The van der Waals surface area contributed by atoms with Crippen molar-refractivity contribution in [2.45, 2.75) is 11.3 Å². The molecular formula is C13H17N3O2S2. The monoisotopic (exact) mass is 311 g/mol. The molecule has 0 amide bonds. The van der Waals surface area contributed by atoms with Gasteiger partial charge in [-0.3, -0.25) is 0 Å². The molecule has 0 spiro atoms. The molecule has 5 nitrogen and oxygen atoms in total. The summed E-state index contributed by atoms with van der Waals surface area (Å²) in [6, 6.07) is 8.97. The largest absolute Gasteiger partial charge is 0.398 e. The predicted molar refractivity (Wildman–Crippen MR) is 83.6 cm³/mol. The fourth-order valence-electron chi connectivity index (χ4n) is 1.80. The maximum absolute atomic E-state index is 11.7. The lowest BCUT2D eigenvalue weighted by atomic mass is 10.2. The predicted octanol–water partition coefficient (Wildman–Crippen LogP) is 1.89. The number of thiophene rings is 1. The van der Waals surface area contributed by atoms with E-state index in [1.165, 1.54) is 18.0 Å². The van der Waals surface area contributed by atoms with E-state index in [1.54, 1.807) is 23.5 Å². The highest BCUT2D eigenvalue weighted by atomic mass is 32.2. The zero-order valence-corrected chi connectivity index (χ0v) is 12.7. The van der Waals surface area contributed by atoms with Gasteiger partial charge in [0.05, 0.1) is 5.69 Å². The molecule has 1 aromatic carbocycles. The van der Waals surface area contributed by atoms with Gasteiger partial charge in [-0.25, -0.2) is 13.1 Å². The van der Waals surface area contributed by atoms with Crippen molar-refractivity contribution < 1.29 is 8.42 Å². The Hall–Kier alpha value is -1.57. The Balaban J connectivity index is 2.02. The van der Waals surface area contributed by atoms with E-state index in [9.17, 15) is 8.42 Å². The van der Waals surface area contributed by atoms with Gasteiger partial charge >= 0.3 is 0 Å². The Morgan fingerprint density at radius 2 is 2.10 bits per heavy atom. The van der Waals surface area contributed by atoms with Gasteiger partial charge < -0.3 is 11.1 Å². The second-order valence-electron chi connectivity index (χ2n) is 4.22. The lowest BCUT2D eigenvalue weighted by Gasteiger charge is -2.10. The Morgan fingerprint density at radius 3 is 2.70 bits per heavy atom. The number of benzene rings is 1. The summed E-state index contributed by atoms with van der Waals surface area (Å²) in [5, 5.41) is 5.28. The van der Waals surface area contributed by atoms with Crippen molar-refractivity contribution in [3.8, 4) is 0 Å². The molecule has 0 aliphatic carbocycles. The van der Waals surface area contributed by atoms with Crippen LogP contribution in [0.2, 0.25) is 0 Å². The minimum Gasteiger partial charge on any atom is -0.398 e. The van der Waals surface area contributed by atoms with E-state index < -0.39 is 10.0 Å². The second kappa shape index (κ2) is 6.25. The number of rotatable bonds is 6. The molecule has 0 unspecified atom stereocenters. The van der Waals surface area contributed by atoms with Gasteiger partial charge in [0.2, 0.25) is 10.0 Å². The summed E-state index contributed by atoms with van der Waals surface area (Å²) in [6.45, 7) is 0.776. The van der Waals surface area contributed by atoms with E-state index in [0.717, 1.165) is 18.7 Å². The highest BCUT2D eigenvalue weighted by Crippen LogP contribution is 2.22. The van der Waals surface area contributed by atoms with E-state index in [-0.39, 0.29) is 10.6 Å². The van der Waals surface area contributed by atoms with E-state index in [4.69, 9.17) is 5.73 Å². The SMILES string of the molecule is CNS(=O)(=O)c1ccc(NCCc2cccs2)cc1N. The number of nitrogens with two attached hydrogens (primary N) is 1. The Bertz CT molecular complexity index is 667. The van der Waals surface area contributed by atoms with Crippen LogP contribution < -0.4 is 15.8 Å². The molecule has 0 radical (unpaired) electrons. The molecule has 2 rings (SSSR count). The molecule has 7 heteroatoms. The Kier molecular flexibility index (Phi) is 4.64. The highest BCUT2D eigenvalue weighted by Gasteiger charge is 2.15. The number of hydrogen-bond donors (Lipinski definition) is 3. The number of anilines is 2. The van der Waals surface area contributed by atoms with Crippen molar-refractivity contribution >= 4 is 32.7 Å². The maximum atomic E-state index is 11.7. The fraction of sp³-hybridized carbons (Fsp3) is 0.231. The second-order valence-corrected chi connectivity index (χ2v) is 7.10. The summed E-state index contributed by atoms with van der Waals surface area (Å²) in [5.74, 6) is 0. The summed E-state index contributed by atoms with van der Waals surface area (Å²) in [6.07, 6.45) is 0.925. The van der Waals surface area contributed by atoms with Crippen LogP contribution in [0.25, 0.3) is 0 Å². The third-order valence-electron chi connectivity index (χ3n) is 2.85. The topological polar surface area (TPSA) is 84.2 Å². The first-order chi connectivity index (χ1) is 9.53. The van der Waals surface area contributed by atoms with Crippen LogP contribution in [0.15, 0.2) is 40.6 Å². The highest BCUT2D eigenvalue weighted by molar-refractivity contribution is 7.89. The number of hydrogen-bond acceptors (Lipinski definition) is 5. The van der Waals surface area contributed by atoms with Crippen LogP contribution in [0.5, 0.6) is 0 Å². The van der Waals surface area contributed by atoms with Gasteiger partial charge in [-0.1, -0.05) is 6.07 Å². The molecule has 0 fully saturated rings. The summed E-state index contributed by atoms with van der Waals surface area (Å²) in [7, 11) is -2.14. The normalized spacial score (nSPS) is 11.4. The smallest absolute Gasteiger partial charge is 0.242 e. The zero-order valence-electron chi connectivity index (χ0n) is 11.1. The van der Waals surface area contributed by atoms with Crippen molar-refractivity contribution in [3.63, 3.8) is 0 Å². The first-order valence-corrected chi connectivity index (χ1v) is 8.48. The van der Waals surface area contributed by atoms with Gasteiger partial charge in [-0.15, -0.1) is 11.3 Å². The summed E-state index contributed by atoms with van der Waals surface area (Å²) in [5.41, 5.74) is 6.84. The van der Waals surface area contributed by atoms with Gasteiger partial charge in [0, 0.05) is 17.1 Å². The summed E-state index contributed by atoms with van der Waals surface area (Å²) >= 11 is 1.72. The molecule has 0 saturated carbocycles. The van der Waals surface area contributed by atoms with Crippen LogP contribution >= 0.6 is 11.3 Å². The third-order valence-corrected chi connectivity index (χ3v) is 5.27. The lowest BCUT2D eigenvalue weighted by Crippen LogP contribution is -2.20. The molecule has 0 aliphatic rings. The quantitative estimate of drug-likeness (QED) is 0.711. The van der Waals surface area contributed by atoms with Crippen LogP contribution in [0.4, 0.5) is 11.4 Å². The van der Waals surface area contributed by atoms with Gasteiger partial charge in [-0.05, 0) is 43.1 Å². The number of nitrogens with one attached hydrogen (secondary N) is 2. The molecule has 0 bridgehead atoms. The van der Waals surface area contributed by atoms with Crippen molar-refractivity contribution in [1.29, 1.82) is 0 Å². The Labute approximate surface area is 122 Å². The number of sulfonamides is 1. The standard InChI is InChI=1S/C13H17N3O2S2/c1-15-20(17,18)13-5-4-10(9-12(13)14)16-7-6-11-3-2-8-19-11/h2-5,8-9,15-16H,6-7,14H2,1H3. The first-order valence-electron chi connectivity index (χ1n) is 6.12. The third kappa shape index (κ3) is 3.50. The molecule has 0 atom stereocenters. The fourth-order valence-corrected chi connectivity index (χ4v) is 3.34. The van der Waals surface area contributed by atoms with Crippen LogP contribution in [-0.4, -0.2) is 22.0 Å². The van der Waals surface area contributed by atoms with E-state index in [2.05, 4.69) is 16.1 Å². The van der Waals surface area contributed by atoms with Crippen LogP contribution in [0.3, 0.4) is 0 Å². The van der Waals surface area contributed by atoms with Crippen molar-refractivity contribution in [3.05, 3.63) is 40.6 Å². The molecule has 1 heterocycles. The van der Waals surface area contributed by atoms with E-state index >= 15 is 0 Å². The molecule has 0 aliphatic heterocycles. The summed E-state index contributed by atoms with van der Waals surface area (Å²) in [4.78, 5) is 1.41. The van der Waals surface area contributed by atoms with Gasteiger partial charge in [0.1, 0.15) is 4.90 Å². The molecule has 20 heavy (non-hydrogen) atoms. The summed E-state index contributed by atoms with van der Waals surface area (Å²) < 4.78 is 25.6. The molecule has 0 saturated heterocycles.